The summed E-state index contributed by atoms with van der Waals surface area (Å²) in [5.41, 5.74) is 1.76. The van der Waals surface area contributed by atoms with Crippen LogP contribution in [0, 0.1) is 11.3 Å². The molecule has 0 fully saturated rings. The number of benzene rings is 1. The molecule has 0 radical (unpaired) electrons. The molecule has 0 bridgehead atoms. The molecular formula is C12H10BrN3O. The van der Waals surface area contributed by atoms with Gasteiger partial charge in [-0.3, -0.25) is 0 Å². The normalized spacial score (nSPS) is 9.94. The van der Waals surface area contributed by atoms with Gasteiger partial charge in [-0.25, -0.2) is 4.98 Å². The molecular weight excluding hydrogens is 282 g/mol. The zero-order valence-electron chi connectivity index (χ0n) is 9.20. The second kappa shape index (κ2) is 5.02. The number of nitriles is 1. The monoisotopic (exact) mass is 291 g/mol. The van der Waals surface area contributed by atoms with Gasteiger partial charge in [0.1, 0.15) is 11.6 Å². The van der Waals surface area contributed by atoms with Crippen LogP contribution in [0.5, 0.6) is 5.75 Å². The van der Waals surface area contributed by atoms with Crippen LogP contribution >= 0.6 is 15.9 Å². The fourth-order valence-corrected chi connectivity index (χ4v) is 1.92. The number of aromatic nitrogens is 2. The van der Waals surface area contributed by atoms with E-state index >= 15 is 0 Å². The Labute approximate surface area is 107 Å². The molecule has 0 amide bonds. The van der Waals surface area contributed by atoms with Crippen molar-refractivity contribution in [3.63, 3.8) is 0 Å². The Morgan fingerprint density at radius 3 is 3.06 bits per heavy atom. The van der Waals surface area contributed by atoms with Crippen molar-refractivity contribution in [2.45, 2.75) is 6.42 Å². The van der Waals surface area contributed by atoms with E-state index in [4.69, 9.17) is 10.00 Å². The summed E-state index contributed by atoms with van der Waals surface area (Å²) < 4.78 is 6.25. The van der Waals surface area contributed by atoms with Crippen LogP contribution in [0.2, 0.25) is 0 Å². The van der Waals surface area contributed by atoms with Gasteiger partial charge in [0.2, 0.25) is 0 Å². The van der Waals surface area contributed by atoms with Crippen molar-refractivity contribution >= 4 is 15.9 Å². The number of methoxy groups -OCH3 is 1. The average Bonchev–Trinajstić information content (AvgIpc) is 2.78. The summed E-state index contributed by atoms with van der Waals surface area (Å²) in [6.07, 6.45) is 1.98. The van der Waals surface area contributed by atoms with Crippen molar-refractivity contribution in [3.8, 4) is 23.1 Å². The summed E-state index contributed by atoms with van der Waals surface area (Å²) in [6, 6.07) is 7.79. The van der Waals surface area contributed by atoms with Gasteiger partial charge in [-0.15, -0.1) is 0 Å². The molecule has 0 spiro atoms. The second-order valence-corrected chi connectivity index (χ2v) is 4.34. The Balaban J connectivity index is 2.44. The molecule has 4 nitrogen and oxygen atoms in total. The maximum atomic E-state index is 8.60. The van der Waals surface area contributed by atoms with E-state index in [2.05, 4.69) is 32.0 Å². The van der Waals surface area contributed by atoms with E-state index in [1.807, 2.05) is 18.2 Å². The number of nitrogens with one attached hydrogen (secondary N) is 1. The molecule has 0 aliphatic heterocycles. The number of nitrogens with zero attached hydrogens (tertiary/aromatic N) is 2. The molecule has 0 aliphatic rings. The lowest BCUT2D eigenvalue weighted by Crippen LogP contribution is -1.89. The van der Waals surface area contributed by atoms with Gasteiger partial charge < -0.3 is 9.72 Å². The maximum absolute atomic E-state index is 8.60. The van der Waals surface area contributed by atoms with E-state index in [0.29, 0.717) is 5.82 Å². The molecule has 1 heterocycles. The summed E-state index contributed by atoms with van der Waals surface area (Å²) in [4.78, 5) is 7.24. The highest BCUT2D eigenvalue weighted by Gasteiger charge is 2.09. The minimum atomic E-state index is 0.274. The zero-order chi connectivity index (χ0) is 12.3. The Morgan fingerprint density at radius 2 is 2.35 bits per heavy atom. The molecule has 1 aromatic carbocycles. The van der Waals surface area contributed by atoms with Gasteiger partial charge in [0.15, 0.2) is 0 Å². The quantitative estimate of drug-likeness (QED) is 0.946. The summed E-state index contributed by atoms with van der Waals surface area (Å²) >= 11 is 3.42. The van der Waals surface area contributed by atoms with Crippen LogP contribution in [0.1, 0.15) is 5.82 Å². The van der Waals surface area contributed by atoms with Crippen LogP contribution in [0.15, 0.2) is 28.9 Å². The van der Waals surface area contributed by atoms with Gasteiger partial charge in [-0.1, -0.05) is 15.9 Å². The number of imidazole rings is 1. The summed E-state index contributed by atoms with van der Waals surface area (Å²) in [5.74, 6) is 1.42. The number of hydrogen-bond donors (Lipinski definition) is 1. The zero-order valence-corrected chi connectivity index (χ0v) is 10.8. The molecule has 1 aromatic heterocycles. The number of aromatic amines is 1. The molecule has 0 saturated carbocycles. The van der Waals surface area contributed by atoms with Crippen LogP contribution in [-0.4, -0.2) is 17.1 Å². The lowest BCUT2D eigenvalue weighted by atomic mass is 10.1. The number of rotatable bonds is 3. The number of hydrogen-bond acceptors (Lipinski definition) is 3. The first-order chi connectivity index (χ1) is 8.24. The highest BCUT2D eigenvalue weighted by atomic mass is 79.9. The number of halogens is 1. The highest BCUT2D eigenvalue weighted by Crippen LogP contribution is 2.31. The van der Waals surface area contributed by atoms with Gasteiger partial charge in [-0.2, -0.15) is 5.26 Å². The second-order valence-electron chi connectivity index (χ2n) is 3.42. The minimum Gasteiger partial charge on any atom is -0.496 e. The predicted octanol–water partition coefficient (Wildman–Crippen LogP) is 2.91. The van der Waals surface area contributed by atoms with Crippen LogP contribution in [0.25, 0.3) is 11.3 Å². The molecule has 1 N–H and O–H groups in total. The largest absolute Gasteiger partial charge is 0.496 e. The van der Waals surface area contributed by atoms with Crippen molar-refractivity contribution in [2.75, 3.05) is 7.11 Å². The molecule has 17 heavy (non-hydrogen) atoms. The Kier molecular flexibility index (Phi) is 3.45. The average molecular weight is 292 g/mol. The Hall–Kier alpha value is -1.80. The lowest BCUT2D eigenvalue weighted by molar-refractivity contribution is 0.416. The predicted molar refractivity (Wildman–Crippen MR) is 67.6 cm³/mol. The number of ether oxygens (including phenoxy) is 1. The Bertz CT molecular complexity index is 571. The van der Waals surface area contributed by atoms with E-state index in [9.17, 15) is 0 Å². The first kappa shape index (κ1) is 11.7. The van der Waals surface area contributed by atoms with Crippen LogP contribution in [0.4, 0.5) is 0 Å². The minimum absolute atomic E-state index is 0.274. The van der Waals surface area contributed by atoms with Gasteiger partial charge in [0.25, 0.3) is 0 Å². The van der Waals surface area contributed by atoms with E-state index < -0.39 is 0 Å². The topological polar surface area (TPSA) is 61.7 Å². The molecule has 0 aliphatic carbocycles. The highest BCUT2D eigenvalue weighted by molar-refractivity contribution is 9.10. The molecule has 0 unspecified atom stereocenters. The van der Waals surface area contributed by atoms with Crippen molar-refractivity contribution in [3.05, 3.63) is 34.7 Å². The molecule has 2 rings (SSSR count). The van der Waals surface area contributed by atoms with E-state index in [0.717, 1.165) is 21.5 Å². The molecule has 5 heteroatoms. The van der Waals surface area contributed by atoms with Crippen LogP contribution < -0.4 is 4.74 Å². The fourth-order valence-electron chi connectivity index (χ4n) is 1.55. The van der Waals surface area contributed by atoms with Crippen molar-refractivity contribution in [1.82, 2.24) is 9.97 Å². The summed E-state index contributed by atoms with van der Waals surface area (Å²) in [6.45, 7) is 0. The number of H-pyrrole nitrogens is 1. The van der Waals surface area contributed by atoms with E-state index in [1.165, 1.54) is 0 Å². The van der Waals surface area contributed by atoms with E-state index in [1.54, 1.807) is 13.3 Å². The van der Waals surface area contributed by atoms with Gasteiger partial charge in [-0.05, 0) is 18.2 Å². The van der Waals surface area contributed by atoms with Crippen molar-refractivity contribution in [1.29, 1.82) is 5.26 Å². The smallest absolute Gasteiger partial charge is 0.128 e. The standard InChI is InChI=1S/C12H10BrN3O/c1-17-11-3-2-8(13)6-9(11)10-7-15-12(16-10)4-5-14/h2-3,6-7H,4H2,1H3,(H,15,16). The summed E-state index contributed by atoms with van der Waals surface area (Å²) in [5, 5.41) is 8.60. The van der Waals surface area contributed by atoms with Crippen molar-refractivity contribution in [2.24, 2.45) is 0 Å². The lowest BCUT2D eigenvalue weighted by Gasteiger charge is -2.06. The van der Waals surface area contributed by atoms with Gasteiger partial charge in [0.05, 0.1) is 31.5 Å². The third-order valence-corrected chi connectivity index (χ3v) is 2.82. The molecule has 86 valence electrons. The molecule has 0 saturated heterocycles. The first-order valence-electron chi connectivity index (χ1n) is 4.99. The molecule has 2 aromatic rings. The Morgan fingerprint density at radius 1 is 1.53 bits per heavy atom. The maximum Gasteiger partial charge on any atom is 0.128 e. The van der Waals surface area contributed by atoms with Gasteiger partial charge >= 0.3 is 0 Å². The third kappa shape index (κ3) is 2.48. The van der Waals surface area contributed by atoms with Gasteiger partial charge in [0, 0.05) is 10.0 Å². The molecule has 0 atom stereocenters. The third-order valence-electron chi connectivity index (χ3n) is 2.33. The van der Waals surface area contributed by atoms with Crippen LogP contribution in [0.3, 0.4) is 0 Å². The van der Waals surface area contributed by atoms with Crippen molar-refractivity contribution < 1.29 is 4.74 Å². The fraction of sp³-hybridized carbons (Fsp3) is 0.167. The first-order valence-corrected chi connectivity index (χ1v) is 5.78. The van der Waals surface area contributed by atoms with E-state index in [-0.39, 0.29) is 6.42 Å². The summed E-state index contributed by atoms with van der Waals surface area (Å²) in [7, 11) is 1.62. The SMILES string of the molecule is COc1ccc(Br)cc1-c1cnc(CC#N)[nH]1. The van der Waals surface area contributed by atoms with Crippen LogP contribution in [-0.2, 0) is 6.42 Å².